The van der Waals surface area contributed by atoms with Crippen LogP contribution >= 0.6 is 11.6 Å². The van der Waals surface area contributed by atoms with E-state index in [1.165, 1.54) is 30.8 Å². The third-order valence-corrected chi connectivity index (χ3v) is 4.53. The molecule has 3 nitrogen and oxygen atoms in total. The standard InChI is InChI=1S/C17H22ClN3/c1-2-21-11-9-19-17(21)15-4-3-10-20(13-15)12-14-5-7-16(18)8-6-14/h5-9,11,15H,2-4,10,12-13H2,1H3/t15-/m0/s1. The second-order valence-corrected chi connectivity index (χ2v) is 6.21. The summed E-state index contributed by atoms with van der Waals surface area (Å²) in [5.74, 6) is 1.80. The lowest BCUT2D eigenvalue weighted by Crippen LogP contribution is -2.34. The van der Waals surface area contributed by atoms with Crippen LogP contribution in [0.1, 0.15) is 37.1 Å². The van der Waals surface area contributed by atoms with Crippen molar-refractivity contribution < 1.29 is 0 Å². The number of imidazole rings is 1. The number of aryl methyl sites for hydroxylation is 1. The van der Waals surface area contributed by atoms with Crippen molar-refractivity contribution in [2.24, 2.45) is 0 Å². The number of hydrogen-bond donors (Lipinski definition) is 0. The van der Waals surface area contributed by atoms with Crippen LogP contribution in [-0.2, 0) is 13.1 Å². The fraction of sp³-hybridized carbons (Fsp3) is 0.471. The fourth-order valence-electron chi connectivity index (χ4n) is 3.21. The third-order valence-electron chi connectivity index (χ3n) is 4.28. The van der Waals surface area contributed by atoms with Crippen LogP contribution in [0.25, 0.3) is 0 Å². The van der Waals surface area contributed by atoms with E-state index in [9.17, 15) is 0 Å². The number of likely N-dealkylation sites (tertiary alicyclic amines) is 1. The molecule has 0 bridgehead atoms. The molecule has 4 heteroatoms. The molecule has 1 aliphatic rings. The molecule has 1 fully saturated rings. The molecule has 0 N–H and O–H groups in total. The Labute approximate surface area is 131 Å². The number of benzene rings is 1. The molecule has 1 aromatic heterocycles. The predicted molar refractivity (Wildman–Crippen MR) is 86.6 cm³/mol. The van der Waals surface area contributed by atoms with Gasteiger partial charge in [-0.1, -0.05) is 23.7 Å². The minimum absolute atomic E-state index is 0.556. The van der Waals surface area contributed by atoms with Crippen LogP contribution in [0, 0.1) is 0 Å². The van der Waals surface area contributed by atoms with Gasteiger partial charge in [0.25, 0.3) is 0 Å². The Morgan fingerprint density at radius 3 is 2.86 bits per heavy atom. The van der Waals surface area contributed by atoms with E-state index in [-0.39, 0.29) is 0 Å². The Kier molecular flexibility index (Phi) is 4.61. The van der Waals surface area contributed by atoms with Crippen LogP contribution in [0.5, 0.6) is 0 Å². The molecule has 0 saturated carbocycles. The number of nitrogens with zero attached hydrogens (tertiary/aromatic N) is 3. The highest BCUT2D eigenvalue weighted by Gasteiger charge is 2.24. The summed E-state index contributed by atoms with van der Waals surface area (Å²) in [6.07, 6.45) is 6.51. The van der Waals surface area contributed by atoms with E-state index in [0.29, 0.717) is 5.92 Å². The van der Waals surface area contributed by atoms with Gasteiger partial charge in [0.15, 0.2) is 0 Å². The average Bonchev–Trinajstić information content (AvgIpc) is 2.98. The van der Waals surface area contributed by atoms with Gasteiger partial charge in [-0.2, -0.15) is 0 Å². The number of aromatic nitrogens is 2. The second kappa shape index (κ2) is 6.63. The lowest BCUT2D eigenvalue weighted by atomic mass is 9.96. The zero-order valence-electron chi connectivity index (χ0n) is 12.5. The molecule has 1 atom stereocenters. The summed E-state index contributed by atoms with van der Waals surface area (Å²) in [4.78, 5) is 7.12. The van der Waals surface area contributed by atoms with Gasteiger partial charge in [-0.25, -0.2) is 4.98 Å². The van der Waals surface area contributed by atoms with Crippen molar-refractivity contribution in [2.75, 3.05) is 13.1 Å². The molecule has 0 spiro atoms. The van der Waals surface area contributed by atoms with E-state index < -0.39 is 0 Å². The highest BCUT2D eigenvalue weighted by molar-refractivity contribution is 6.30. The van der Waals surface area contributed by atoms with E-state index in [1.807, 2.05) is 18.3 Å². The molecule has 1 saturated heterocycles. The first kappa shape index (κ1) is 14.6. The Morgan fingerprint density at radius 2 is 2.10 bits per heavy atom. The highest BCUT2D eigenvalue weighted by atomic mass is 35.5. The lowest BCUT2D eigenvalue weighted by molar-refractivity contribution is 0.195. The highest BCUT2D eigenvalue weighted by Crippen LogP contribution is 2.27. The normalized spacial score (nSPS) is 19.8. The summed E-state index contributed by atoms with van der Waals surface area (Å²) >= 11 is 5.95. The monoisotopic (exact) mass is 303 g/mol. The summed E-state index contributed by atoms with van der Waals surface area (Å²) in [7, 11) is 0. The minimum Gasteiger partial charge on any atom is -0.335 e. The molecule has 0 aliphatic carbocycles. The van der Waals surface area contributed by atoms with Crippen molar-refractivity contribution in [3.8, 4) is 0 Å². The fourth-order valence-corrected chi connectivity index (χ4v) is 3.33. The van der Waals surface area contributed by atoms with Gasteiger partial charge in [0.2, 0.25) is 0 Å². The van der Waals surface area contributed by atoms with Gasteiger partial charge in [-0.05, 0) is 44.0 Å². The van der Waals surface area contributed by atoms with Gasteiger partial charge < -0.3 is 4.57 Å². The van der Waals surface area contributed by atoms with Crippen molar-refractivity contribution in [3.63, 3.8) is 0 Å². The van der Waals surface area contributed by atoms with Crippen LogP contribution in [0.4, 0.5) is 0 Å². The van der Waals surface area contributed by atoms with Crippen molar-refractivity contribution >= 4 is 11.6 Å². The van der Waals surface area contributed by atoms with Crippen molar-refractivity contribution in [2.45, 2.75) is 38.8 Å². The molecule has 1 aliphatic heterocycles. The molecular weight excluding hydrogens is 282 g/mol. The van der Waals surface area contributed by atoms with Crippen LogP contribution < -0.4 is 0 Å². The maximum absolute atomic E-state index is 5.95. The van der Waals surface area contributed by atoms with Crippen LogP contribution in [0.2, 0.25) is 5.02 Å². The first-order chi connectivity index (χ1) is 10.3. The molecule has 3 rings (SSSR count). The second-order valence-electron chi connectivity index (χ2n) is 5.77. The quantitative estimate of drug-likeness (QED) is 0.853. The summed E-state index contributed by atoms with van der Waals surface area (Å²) < 4.78 is 2.27. The van der Waals surface area contributed by atoms with Crippen molar-refractivity contribution in [1.29, 1.82) is 0 Å². The summed E-state index contributed by atoms with van der Waals surface area (Å²) in [5.41, 5.74) is 1.33. The van der Waals surface area contributed by atoms with E-state index in [2.05, 4.69) is 39.7 Å². The smallest absolute Gasteiger partial charge is 0.113 e. The predicted octanol–water partition coefficient (Wildman–Crippen LogP) is 3.94. The molecule has 0 radical (unpaired) electrons. The van der Waals surface area contributed by atoms with Gasteiger partial charge >= 0.3 is 0 Å². The van der Waals surface area contributed by atoms with E-state index in [0.717, 1.165) is 24.7 Å². The van der Waals surface area contributed by atoms with Crippen molar-refractivity contribution in [1.82, 2.24) is 14.5 Å². The molecule has 2 aromatic rings. The Hall–Kier alpha value is -1.32. The Bertz CT molecular complexity index is 576. The van der Waals surface area contributed by atoms with Gasteiger partial charge in [0.1, 0.15) is 5.82 Å². The number of piperidine rings is 1. The van der Waals surface area contributed by atoms with Gasteiger partial charge in [-0.15, -0.1) is 0 Å². The first-order valence-corrected chi connectivity index (χ1v) is 8.12. The molecule has 2 heterocycles. The largest absolute Gasteiger partial charge is 0.335 e. The van der Waals surface area contributed by atoms with Crippen LogP contribution in [0.3, 0.4) is 0 Å². The number of hydrogen-bond acceptors (Lipinski definition) is 2. The number of rotatable bonds is 4. The zero-order chi connectivity index (χ0) is 14.7. The van der Waals surface area contributed by atoms with Gasteiger partial charge in [0.05, 0.1) is 0 Å². The van der Waals surface area contributed by atoms with Crippen molar-refractivity contribution in [3.05, 3.63) is 53.1 Å². The van der Waals surface area contributed by atoms with E-state index >= 15 is 0 Å². The van der Waals surface area contributed by atoms with Crippen LogP contribution in [-0.4, -0.2) is 27.5 Å². The molecule has 0 amide bonds. The van der Waals surface area contributed by atoms with E-state index in [4.69, 9.17) is 11.6 Å². The summed E-state index contributed by atoms with van der Waals surface area (Å²) in [5, 5.41) is 0.806. The number of halogens is 1. The summed E-state index contributed by atoms with van der Waals surface area (Å²) in [6.45, 7) is 6.45. The van der Waals surface area contributed by atoms with Gasteiger partial charge in [0, 0.05) is 43.0 Å². The Balaban J connectivity index is 1.67. The van der Waals surface area contributed by atoms with Gasteiger partial charge in [-0.3, -0.25) is 4.90 Å². The molecule has 21 heavy (non-hydrogen) atoms. The maximum atomic E-state index is 5.95. The lowest BCUT2D eigenvalue weighted by Gasteiger charge is -2.32. The summed E-state index contributed by atoms with van der Waals surface area (Å²) in [6, 6.07) is 8.20. The third kappa shape index (κ3) is 3.47. The van der Waals surface area contributed by atoms with E-state index in [1.54, 1.807) is 0 Å². The van der Waals surface area contributed by atoms with Crippen LogP contribution in [0.15, 0.2) is 36.7 Å². The first-order valence-electron chi connectivity index (χ1n) is 7.74. The molecular formula is C17H22ClN3. The maximum Gasteiger partial charge on any atom is 0.113 e. The molecule has 112 valence electrons. The topological polar surface area (TPSA) is 21.1 Å². The molecule has 0 unspecified atom stereocenters. The average molecular weight is 304 g/mol. The molecule has 1 aromatic carbocycles. The SMILES string of the molecule is CCn1ccnc1[C@H]1CCCN(Cc2ccc(Cl)cc2)C1. The zero-order valence-corrected chi connectivity index (χ0v) is 13.3. The minimum atomic E-state index is 0.556. The Morgan fingerprint density at radius 1 is 1.29 bits per heavy atom.